The number of benzene rings is 1. The molecule has 1 spiro atoms. The van der Waals surface area contributed by atoms with Gasteiger partial charge in [0.1, 0.15) is 0 Å². The number of amides is 3. The van der Waals surface area contributed by atoms with E-state index in [1.165, 1.54) is 4.88 Å². The second kappa shape index (κ2) is 8.13. The minimum Gasteiger partial charge on any atom is -0.330 e. The summed E-state index contributed by atoms with van der Waals surface area (Å²) in [5.41, 5.74) is 3.05. The number of nitrogens with one attached hydrogen (secondary N) is 2. The molecule has 0 radical (unpaired) electrons. The third kappa shape index (κ3) is 3.61. The monoisotopic (exact) mass is 488 g/mol. The van der Waals surface area contributed by atoms with Crippen LogP contribution in [0.4, 0.5) is 16.2 Å². The molecule has 2 fully saturated rings. The maximum Gasteiger partial charge on any atom is 0.322 e. The molecule has 1 aliphatic carbocycles. The van der Waals surface area contributed by atoms with E-state index in [2.05, 4.69) is 57.1 Å². The Hall–Kier alpha value is -3.30. The van der Waals surface area contributed by atoms with Crippen LogP contribution >= 0.6 is 11.3 Å². The number of hydrogen-bond acceptors (Lipinski definition) is 6. The average Bonchev–Trinajstić information content (AvgIpc) is 3.59. The number of urea groups is 1. The largest absolute Gasteiger partial charge is 0.330 e. The molecule has 8 nitrogen and oxygen atoms in total. The first kappa shape index (κ1) is 22.2. The molecule has 3 aliphatic rings. The summed E-state index contributed by atoms with van der Waals surface area (Å²) < 4.78 is 0. The molecule has 2 aliphatic heterocycles. The Morgan fingerprint density at radius 2 is 1.80 bits per heavy atom. The van der Waals surface area contributed by atoms with Gasteiger partial charge in [-0.25, -0.2) is 14.8 Å². The molecule has 0 unspecified atom stereocenters. The highest BCUT2D eigenvalue weighted by molar-refractivity contribution is 7.10. The molecule has 9 heteroatoms. The van der Waals surface area contributed by atoms with E-state index in [1.807, 2.05) is 29.5 Å². The Labute approximate surface area is 208 Å². The van der Waals surface area contributed by atoms with Gasteiger partial charge in [0.2, 0.25) is 5.91 Å². The predicted octanol–water partition coefficient (Wildman–Crippen LogP) is 4.00. The summed E-state index contributed by atoms with van der Waals surface area (Å²) in [6, 6.07) is 9.97. The summed E-state index contributed by atoms with van der Waals surface area (Å²) in [7, 11) is 4.31. The van der Waals surface area contributed by atoms with E-state index in [0.29, 0.717) is 24.5 Å². The fourth-order valence-electron chi connectivity index (χ4n) is 5.86. The number of thiophene rings is 1. The van der Waals surface area contributed by atoms with Crippen molar-refractivity contribution in [1.29, 1.82) is 0 Å². The molecule has 6 rings (SSSR count). The van der Waals surface area contributed by atoms with Gasteiger partial charge in [0.15, 0.2) is 5.82 Å². The lowest BCUT2D eigenvalue weighted by Gasteiger charge is -2.47. The number of fused-ring (bicyclic) bond motifs is 1. The lowest BCUT2D eigenvalue weighted by Crippen LogP contribution is -2.53. The highest BCUT2D eigenvalue weighted by atomic mass is 32.1. The van der Waals surface area contributed by atoms with E-state index in [9.17, 15) is 9.59 Å². The maximum atomic E-state index is 13.0. The van der Waals surface area contributed by atoms with Crippen molar-refractivity contribution in [2.24, 2.45) is 0 Å². The van der Waals surface area contributed by atoms with Gasteiger partial charge in [0.05, 0.1) is 42.1 Å². The number of carbonyl (C=O) groups excluding carboxylic acids is 2. The van der Waals surface area contributed by atoms with Gasteiger partial charge in [-0.2, -0.15) is 0 Å². The summed E-state index contributed by atoms with van der Waals surface area (Å²) in [4.78, 5) is 39.5. The van der Waals surface area contributed by atoms with Crippen LogP contribution in [0.1, 0.15) is 36.1 Å². The molecular formula is C26H28N6O2S. The number of carbonyl (C=O) groups is 2. The zero-order valence-electron chi connectivity index (χ0n) is 19.9. The fourth-order valence-corrected chi connectivity index (χ4v) is 6.92. The summed E-state index contributed by atoms with van der Waals surface area (Å²) in [5.74, 6) is 0.536. The summed E-state index contributed by atoms with van der Waals surface area (Å²) >= 11 is 1.81. The van der Waals surface area contributed by atoms with E-state index in [0.717, 1.165) is 42.5 Å². The molecular weight excluding hydrogens is 460 g/mol. The van der Waals surface area contributed by atoms with Crippen LogP contribution < -0.4 is 15.5 Å². The topological polar surface area (TPSA) is 90.5 Å². The molecule has 0 bridgehead atoms. The number of anilines is 2. The Kier molecular flexibility index (Phi) is 5.16. The van der Waals surface area contributed by atoms with Gasteiger partial charge in [-0.05, 0) is 62.9 Å². The molecule has 2 N–H and O–H groups in total. The Morgan fingerprint density at radius 3 is 2.49 bits per heavy atom. The average molecular weight is 489 g/mol. The molecule has 3 aromatic rings. The highest BCUT2D eigenvalue weighted by Gasteiger charge is 2.50. The van der Waals surface area contributed by atoms with Gasteiger partial charge in [0, 0.05) is 16.1 Å². The molecule has 180 valence electrons. The van der Waals surface area contributed by atoms with Crippen molar-refractivity contribution in [3.8, 4) is 11.4 Å². The Morgan fingerprint density at radius 1 is 1.03 bits per heavy atom. The lowest BCUT2D eigenvalue weighted by molar-refractivity contribution is -0.115. The summed E-state index contributed by atoms with van der Waals surface area (Å²) in [5, 5.41) is 8.31. The highest BCUT2D eigenvalue weighted by Crippen LogP contribution is 2.47. The quantitative estimate of drug-likeness (QED) is 0.579. The summed E-state index contributed by atoms with van der Waals surface area (Å²) in [6.07, 6.45) is 7.58. The molecule has 2 aromatic heterocycles. The SMILES string of the molecule is CN(C)[C@]1(c2cccs2)CC[C@]2(CC1)CN(c1cnc(-c3cccc4c3CC(=O)N4)nc1)C(=O)N2. The molecule has 0 atom stereocenters. The van der Waals surface area contributed by atoms with Gasteiger partial charge >= 0.3 is 6.03 Å². The van der Waals surface area contributed by atoms with Crippen molar-refractivity contribution < 1.29 is 9.59 Å². The normalized spacial score (nSPS) is 25.7. The van der Waals surface area contributed by atoms with Gasteiger partial charge in [0.25, 0.3) is 0 Å². The maximum absolute atomic E-state index is 13.0. The van der Waals surface area contributed by atoms with Crippen LogP contribution in [0, 0.1) is 0 Å². The minimum atomic E-state index is -0.237. The molecule has 1 saturated carbocycles. The van der Waals surface area contributed by atoms with Crippen LogP contribution in [0.3, 0.4) is 0 Å². The lowest BCUT2D eigenvalue weighted by atomic mass is 9.71. The van der Waals surface area contributed by atoms with Crippen LogP contribution in [0.5, 0.6) is 0 Å². The standard InChI is InChI=1S/C26H28N6O2S/c1-31(2)26(21-7-4-12-35-21)10-8-25(9-11-26)16-32(24(34)30-25)17-14-27-23(28-15-17)18-5-3-6-20-19(18)13-22(33)29-20/h3-7,12,14-15H,8-11,13,16H2,1-2H3,(H,29,33)(H,30,34)/t25-,26+. The van der Waals surface area contributed by atoms with Crippen LogP contribution in [-0.2, 0) is 16.8 Å². The second-order valence-corrected chi connectivity index (χ2v) is 11.0. The Balaban J connectivity index is 1.20. The van der Waals surface area contributed by atoms with Crippen molar-refractivity contribution >= 4 is 34.6 Å². The van der Waals surface area contributed by atoms with E-state index in [-0.39, 0.29) is 23.0 Å². The van der Waals surface area contributed by atoms with Gasteiger partial charge in [-0.3, -0.25) is 14.6 Å². The van der Waals surface area contributed by atoms with Crippen molar-refractivity contribution in [3.63, 3.8) is 0 Å². The smallest absolute Gasteiger partial charge is 0.322 e. The fraction of sp³-hybridized carbons (Fsp3) is 0.385. The summed E-state index contributed by atoms with van der Waals surface area (Å²) in [6.45, 7) is 0.613. The van der Waals surface area contributed by atoms with Crippen molar-refractivity contribution in [3.05, 3.63) is 58.5 Å². The molecule has 35 heavy (non-hydrogen) atoms. The number of aromatic nitrogens is 2. The first-order chi connectivity index (χ1) is 16.9. The van der Waals surface area contributed by atoms with E-state index in [4.69, 9.17) is 0 Å². The number of nitrogens with zero attached hydrogens (tertiary/aromatic N) is 4. The Bertz CT molecular complexity index is 1280. The number of hydrogen-bond donors (Lipinski definition) is 2. The van der Waals surface area contributed by atoms with E-state index < -0.39 is 0 Å². The van der Waals surface area contributed by atoms with Crippen molar-refractivity contribution in [2.75, 3.05) is 30.9 Å². The zero-order valence-corrected chi connectivity index (χ0v) is 20.7. The van der Waals surface area contributed by atoms with Crippen LogP contribution in [0.2, 0.25) is 0 Å². The minimum absolute atomic E-state index is 0.0204. The first-order valence-corrected chi connectivity index (χ1v) is 12.8. The molecule has 3 amide bonds. The second-order valence-electron chi connectivity index (χ2n) is 10.0. The number of rotatable bonds is 4. The van der Waals surface area contributed by atoms with Crippen LogP contribution in [0.25, 0.3) is 11.4 Å². The van der Waals surface area contributed by atoms with E-state index >= 15 is 0 Å². The predicted molar refractivity (Wildman–Crippen MR) is 137 cm³/mol. The van der Waals surface area contributed by atoms with Gasteiger partial charge < -0.3 is 10.6 Å². The zero-order chi connectivity index (χ0) is 24.2. The molecule has 1 saturated heterocycles. The van der Waals surface area contributed by atoms with E-state index in [1.54, 1.807) is 17.3 Å². The third-order valence-corrected chi connectivity index (χ3v) is 8.99. The molecule has 1 aromatic carbocycles. The first-order valence-electron chi connectivity index (χ1n) is 11.9. The van der Waals surface area contributed by atoms with Crippen LogP contribution in [0.15, 0.2) is 48.1 Å². The van der Waals surface area contributed by atoms with Gasteiger partial charge in [-0.15, -0.1) is 11.3 Å². The van der Waals surface area contributed by atoms with Crippen molar-refractivity contribution in [2.45, 2.75) is 43.2 Å². The third-order valence-electron chi connectivity index (χ3n) is 7.93. The molecule has 4 heterocycles. The van der Waals surface area contributed by atoms with Crippen LogP contribution in [-0.4, -0.2) is 53.0 Å². The van der Waals surface area contributed by atoms with Crippen molar-refractivity contribution in [1.82, 2.24) is 20.2 Å². The van der Waals surface area contributed by atoms with Gasteiger partial charge in [-0.1, -0.05) is 18.2 Å².